The molecule has 0 aliphatic heterocycles. The fraction of sp³-hybridized carbons (Fsp3) is 0.526. The Balaban J connectivity index is -0.000000336. The van der Waals surface area contributed by atoms with Crippen LogP contribution in [-0.2, 0) is 28.6 Å². The van der Waals surface area contributed by atoms with E-state index in [0.717, 1.165) is 6.08 Å². The molecule has 0 aliphatic rings. The molecule has 3 atom stereocenters. The van der Waals surface area contributed by atoms with Crippen molar-refractivity contribution in [2.45, 2.75) is 66.3 Å². The topological polar surface area (TPSA) is 140 Å². The van der Waals surface area contributed by atoms with Gasteiger partial charge in [-0.25, -0.2) is 14.4 Å². The molecule has 0 amide bonds. The number of carbonyl (C=O) groups is 3. The molecule has 3 N–H and O–H groups in total. The van der Waals surface area contributed by atoms with Crippen LogP contribution in [0.25, 0.3) is 0 Å². The Hall–Kier alpha value is -2.49. The maximum Gasteiger partial charge on any atom is 0.335 e. The van der Waals surface area contributed by atoms with Gasteiger partial charge in [-0.15, -0.1) is 0 Å². The summed E-state index contributed by atoms with van der Waals surface area (Å²) in [5.41, 5.74) is 0.586. The predicted molar refractivity (Wildman–Crippen MR) is 102 cm³/mol. The van der Waals surface area contributed by atoms with Crippen LogP contribution in [0.1, 0.15) is 47.5 Å². The number of aliphatic hydroxyl groups excluding tert-OH is 3. The minimum atomic E-state index is -1.05. The Morgan fingerprint density at radius 1 is 0.857 bits per heavy atom. The number of rotatable bonds is 8. The van der Waals surface area contributed by atoms with Gasteiger partial charge in [-0.2, -0.15) is 0 Å². The highest BCUT2D eigenvalue weighted by molar-refractivity contribution is 5.87. The summed E-state index contributed by atoms with van der Waals surface area (Å²) >= 11 is 0. The molecule has 3 unspecified atom stereocenters. The first-order valence-electron chi connectivity index (χ1n) is 8.42. The van der Waals surface area contributed by atoms with E-state index in [-0.39, 0.29) is 5.57 Å². The first-order valence-corrected chi connectivity index (χ1v) is 8.42. The molecule has 9 nitrogen and oxygen atoms in total. The summed E-state index contributed by atoms with van der Waals surface area (Å²) in [4.78, 5) is 31.4. The smallest absolute Gasteiger partial charge is 0.335 e. The largest absolute Gasteiger partial charge is 0.433 e. The van der Waals surface area contributed by atoms with Crippen molar-refractivity contribution in [3.8, 4) is 0 Å². The maximum absolute atomic E-state index is 10.6. The second-order valence-corrected chi connectivity index (χ2v) is 5.34. The first kappa shape index (κ1) is 30.2. The van der Waals surface area contributed by atoms with E-state index in [0.29, 0.717) is 18.4 Å². The van der Waals surface area contributed by atoms with Crippen LogP contribution in [0.15, 0.2) is 37.0 Å². The number of ether oxygens (including phenoxy) is 3. The molecular formula is C19H32O9. The molecule has 0 radical (unpaired) electrons. The molecule has 0 saturated heterocycles. The zero-order valence-corrected chi connectivity index (χ0v) is 17.1. The minimum Gasteiger partial charge on any atom is -0.433 e. The third-order valence-corrected chi connectivity index (χ3v) is 2.33. The molecule has 0 aromatic carbocycles. The molecule has 0 fully saturated rings. The molecule has 9 heteroatoms. The molecule has 0 saturated carbocycles. The van der Waals surface area contributed by atoms with Crippen LogP contribution >= 0.6 is 0 Å². The van der Waals surface area contributed by atoms with Crippen LogP contribution < -0.4 is 0 Å². The lowest BCUT2D eigenvalue weighted by Crippen LogP contribution is -2.16. The van der Waals surface area contributed by atoms with Gasteiger partial charge in [0, 0.05) is 30.1 Å². The van der Waals surface area contributed by atoms with E-state index in [1.165, 1.54) is 20.8 Å². The SMILES string of the molecule is C=C(C)C(=O)OC(C)O.C=C(C)C(=O)OC(O)CC.C=CC(=O)OC(O)CC. The normalized spacial score (nSPS) is 12.3. The van der Waals surface area contributed by atoms with Crippen molar-refractivity contribution in [2.75, 3.05) is 0 Å². The number of hydrogen-bond donors (Lipinski definition) is 3. The molecule has 28 heavy (non-hydrogen) atoms. The van der Waals surface area contributed by atoms with Gasteiger partial charge in [0.1, 0.15) is 0 Å². The average molecular weight is 404 g/mol. The summed E-state index contributed by atoms with van der Waals surface area (Å²) < 4.78 is 13.2. The Morgan fingerprint density at radius 3 is 1.46 bits per heavy atom. The van der Waals surface area contributed by atoms with Crippen LogP contribution in [0.5, 0.6) is 0 Å². The van der Waals surface area contributed by atoms with Gasteiger partial charge in [-0.1, -0.05) is 33.6 Å². The number of aliphatic hydroxyl groups is 3. The molecule has 0 heterocycles. The van der Waals surface area contributed by atoms with E-state index in [2.05, 4.69) is 33.9 Å². The van der Waals surface area contributed by atoms with Crippen LogP contribution in [-0.4, -0.2) is 52.1 Å². The van der Waals surface area contributed by atoms with Crippen molar-refractivity contribution >= 4 is 17.9 Å². The van der Waals surface area contributed by atoms with Gasteiger partial charge >= 0.3 is 17.9 Å². The van der Waals surface area contributed by atoms with Crippen molar-refractivity contribution in [2.24, 2.45) is 0 Å². The van der Waals surface area contributed by atoms with E-state index in [1.807, 2.05) is 0 Å². The van der Waals surface area contributed by atoms with Gasteiger partial charge < -0.3 is 29.5 Å². The van der Waals surface area contributed by atoms with Crippen molar-refractivity contribution in [1.82, 2.24) is 0 Å². The van der Waals surface area contributed by atoms with Gasteiger partial charge in [-0.05, 0) is 20.8 Å². The fourth-order valence-corrected chi connectivity index (χ4v) is 0.829. The minimum absolute atomic E-state index is 0.288. The lowest BCUT2D eigenvalue weighted by atomic mass is 10.3. The number of hydrogen-bond acceptors (Lipinski definition) is 9. The molecule has 0 aromatic heterocycles. The predicted octanol–water partition coefficient (Wildman–Crippen LogP) is 1.72. The van der Waals surface area contributed by atoms with E-state index in [4.69, 9.17) is 15.3 Å². The fourth-order valence-electron chi connectivity index (χ4n) is 0.829. The van der Waals surface area contributed by atoms with E-state index in [1.54, 1.807) is 13.8 Å². The summed E-state index contributed by atoms with van der Waals surface area (Å²) in [6.45, 7) is 17.7. The lowest BCUT2D eigenvalue weighted by Gasteiger charge is -2.08. The van der Waals surface area contributed by atoms with Crippen molar-refractivity contribution in [3.05, 3.63) is 37.0 Å². The lowest BCUT2D eigenvalue weighted by molar-refractivity contribution is -0.163. The zero-order chi connectivity index (χ0) is 22.9. The van der Waals surface area contributed by atoms with Crippen molar-refractivity contribution < 1.29 is 43.9 Å². The summed E-state index contributed by atoms with van der Waals surface area (Å²) in [6, 6.07) is 0. The third kappa shape index (κ3) is 21.6. The van der Waals surface area contributed by atoms with Crippen LogP contribution in [0.2, 0.25) is 0 Å². The zero-order valence-electron chi connectivity index (χ0n) is 17.1. The number of esters is 3. The highest BCUT2D eigenvalue weighted by Gasteiger charge is 2.08. The second-order valence-electron chi connectivity index (χ2n) is 5.34. The van der Waals surface area contributed by atoms with Crippen LogP contribution in [0.4, 0.5) is 0 Å². The summed E-state index contributed by atoms with van der Waals surface area (Å²) in [5.74, 6) is -1.70. The van der Waals surface area contributed by atoms with Crippen molar-refractivity contribution in [1.29, 1.82) is 0 Å². The Kier molecular flexibility index (Phi) is 19.3. The first-order chi connectivity index (χ1) is 12.8. The summed E-state index contributed by atoms with van der Waals surface area (Å²) in [6.07, 6.45) is -1.22. The molecular weight excluding hydrogens is 372 g/mol. The van der Waals surface area contributed by atoms with Crippen molar-refractivity contribution in [3.63, 3.8) is 0 Å². The van der Waals surface area contributed by atoms with Crippen LogP contribution in [0.3, 0.4) is 0 Å². The molecule has 0 rings (SSSR count). The van der Waals surface area contributed by atoms with Gasteiger partial charge in [0.15, 0.2) is 6.29 Å². The second kappa shape index (κ2) is 17.9. The van der Waals surface area contributed by atoms with E-state index in [9.17, 15) is 14.4 Å². The van der Waals surface area contributed by atoms with E-state index >= 15 is 0 Å². The van der Waals surface area contributed by atoms with Gasteiger partial charge in [-0.3, -0.25) is 0 Å². The summed E-state index contributed by atoms with van der Waals surface area (Å²) in [7, 11) is 0. The Morgan fingerprint density at radius 2 is 1.21 bits per heavy atom. The average Bonchev–Trinajstić information content (AvgIpc) is 2.61. The molecule has 0 aromatic rings. The van der Waals surface area contributed by atoms with E-state index < -0.39 is 36.8 Å². The van der Waals surface area contributed by atoms with Gasteiger partial charge in [0.2, 0.25) is 12.6 Å². The standard InChI is InChI=1S/C7H12O3.2C6H10O3/c1-4-6(8)10-7(9)5(2)3;1-4(2)6(8)9-5(3)7;1-3-5(7)9-6(8)4-2/h6,8H,2,4H2,1,3H3;5,7H,1H2,2-3H3;3,6,8H,1,4H2,2H3. The molecule has 0 spiro atoms. The Bertz CT molecular complexity index is 523. The highest BCUT2D eigenvalue weighted by atomic mass is 16.6. The molecule has 162 valence electrons. The molecule has 0 aliphatic carbocycles. The number of carbonyl (C=O) groups excluding carboxylic acids is 3. The van der Waals surface area contributed by atoms with Gasteiger partial charge in [0.05, 0.1) is 0 Å². The third-order valence-electron chi connectivity index (χ3n) is 2.33. The quantitative estimate of drug-likeness (QED) is 0.239. The molecule has 0 bridgehead atoms. The maximum atomic E-state index is 10.6. The highest BCUT2D eigenvalue weighted by Crippen LogP contribution is 1.98. The van der Waals surface area contributed by atoms with Gasteiger partial charge in [0.25, 0.3) is 0 Å². The van der Waals surface area contributed by atoms with Crippen LogP contribution in [0, 0.1) is 0 Å². The summed E-state index contributed by atoms with van der Waals surface area (Å²) in [5, 5.41) is 25.9. The Labute approximate surface area is 165 Å². The monoisotopic (exact) mass is 404 g/mol.